The van der Waals surface area contributed by atoms with E-state index in [1.54, 1.807) is 6.20 Å². The number of hydrogen-bond acceptors (Lipinski definition) is 6. The van der Waals surface area contributed by atoms with Gasteiger partial charge in [0.05, 0.1) is 12.3 Å². The van der Waals surface area contributed by atoms with Crippen molar-refractivity contribution >= 4 is 23.3 Å². The highest BCUT2D eigenvalue weighted by molar-refractivity contribution is 7.03. The monoisotopic (exact) mass is 358 g/mol. The zero-order chi connectivity index (χ0) is 18.0. The molecule has 0 saturated carbocycles. The van der Waals surface area contributed by atoms with Crippen LogP contribution in [0.3, 0.4) is 0 Å². The zero-order valence-corrected chi connectivity index (χ0v) is 14.7. The predicted molar refractivity (Wildman–Crippen MR) is 96.4 cm³/mol. The van der Waals surface area contributed by atoms with Crippen LogP contribution in [0.25, 0.3) is 16.8 Å². The lowest BCUT2D eigenvalue weighted by atomic mass is 10.1. The van der Waals surface area contributed by atoms with Gasteiger partial charge in [-0.15, -0.1) is 5.10 Å². The quantitative estimate of drug-likeness (QED) is 0.701. The number of nitrogens with zero attached hydrogens (tertiary/aromatic N) is 3. The summed E-state index contributed by atoms with van der Waals surface area (Å²) in [6, 6.07) is 5.55. The average Bonchev–Trinajstić information content (AvgIpc) is 3.22. The normalized spacial score (nSPS) is 11.0. The number of nitrogens with two attached hydrogens (primary N) is 1. The Kier molecular flexibility index (Phi) is 4.71. The van der Waals surface area contributed by atoms with Crippen LogP contribution >= 0.6 is 11.5 Å². The van der Waals surface area contributed by atoms with E-state index in [0.29, 0.717) is 18.2 Å². The lowest BCUT2D eigenvalue weighted by Crippen LogP contribution is -2.06. The third kappa shape index (κ3) is 3.63. The first kappa shape index (κ1) is 17.0. The number of aromatic carboxylic acids is 1. The third-order valence-electron chi connectivity index (χ3n) is 3.52. The van der Waals surface area contributed by atoms with Gasteiger partial charge in [-0.2, -0.15) is 0 Å². The van der Waals surface area contributed by atoms with Gasteiger partial charge < -0.3 is 15.6 Å². The molecule has 0 bridgehead atoms. The Bertz CT molecular complexity index is 887. The summed E-state index contributed by atoms with van der Waals surface area (Å²) in [6.07, 6.45) is 3.17. The van der Waals surface area contributed by atoms with Gasteiger partial charge in [-0.1, -0.05) is 13.8 Å². The highest BCUT2D eigenvalue weighted by Crippen LogP contribution is 2.33. The molecule has 0 saturated heterocycles. The molecule has 2 heterocycles. The largest absolute Gasteiger partial charge is 0.493 e. The molecule has 0 fully saturated rings. The van der Waals surface area contributed by atoms with Gasteiger partial charge in [-0.05, 0) is 35.6 Å². The van der Waals surface area contributed by atoms with Crippen molar-refractivity contribution in [2.24, 2.45) is 5.92 Å². The van der Waals surface area contributed by atoms with Crippen molar-refractivity contribution in [3.05, 3.63) is 41.5 Å². The van der Waals surface area contributed by atoms with Gasteiger partial charge in [-0.3, -0.25) is 0 Å². The molecule has 3 N–H and O–H groups in total. The molecule has 0 amide bonds. The van der Waals surface area contributed by atoms with E-state index >= 15 is 0 Å². The van der Waals surface area contributed by atoms with Gasteiger partial charge in [0, 0.05) is 28.9 Å². The lowest BCUT2D eigenvalue weighted by Gasteiger charge is -2.14. The van der Waals surface area contributed by atoms with Crippen molar-refractivity contribution in [3.63, 3.8) is 0 Å². The Balaban J connectivity index is 2.03. The maximum atomic E-state index is 11.2. The fourth-order valence-corrected chi connectivity index (χ4v) is 2.83. The summed E-state index contributed by atoms with van der Waals surface area (Å²) in [5.74, 6) is 0.0164. The van der Waals surface area contributed by atoms with E-state index in [1.165, 1.54) is 22.4 Å². The van der Waals surface area contributed by atoms with Crippen LogP contribution in [0, 0.1) is 5.92 Å². The smallest absolute Gasteiger partial charge is 0.341 e. The van der Waals surface area contributed by atoms with Crippen LogP contribution < -0.4 is 10.5 Å². The first-order chi connectivity index (χ1) is 12.0. The highest BCUT2D eigenvalue weighted by atomic mass is 32.1. The van der Waals surface area contributed by atoms with Gasteiger partial charge in [0.25, 0.3) is 0 Å². The molecule has 0 aliphatic heterocycles. The Labute approximate surface area is 148 Å². The molecule has 0 aliphatic carbocycles. The SMILES string of the molecule is CC(C)COc1ccc(-n2cc(C(=O)O)c(N)n2)cc1-c1cnsc1. The molecule has 0 unspecified atom stereocenters. The average molecular weight is 358 g/mol. The fraction of sp³-hybridized carbons (Fsp3) is 0.235. The van der Waals surface area contributed by atoms with Crippen LogP contribution in [0.5, 0.6) is 5.75 Å². The summed E-state index contributed by atoms with van der Waals surface area (Å²) in [5, 5.41) is 15.2. The number of carboxylic acid groups (broad SMARTS) is 1. The van der Waals surface area contributed by atoms with Crippen molar-refractivity contribution in [1.82, 2.24) is 14.2 Å². The minimum absolute atomic E-state index is 0.0219. The van der Waals surface area contributed by atoms with Crippen molar-refractivity contribution < 1.29 is 14.6 Å². The lowest BCUT2D eigenvalue weighted by molar-refractivity contribution is 0.0698. The molecule has 3 aromatic rings. The molecule has 0 aliphatic rings. The van der Waals surface area contributed by atoms with Crippen molar-refractivity contribution in [3.8, 4) is 22.6 Å². The van der Waals surface area contributed by atoms with Crippen LogP contribution in [0.4, 0.5) is 5.82 Å². The molecule has 0 radical (unpaired) electrons. The third-order valence-corrected chi connectivity index (χ3v) is 4.10. The molecule has 2 aromatic heterocycles. The molecule has 25 heavy (non-hydrogen) atoms. The Morgan fingerprint density at radius 3 is 2.84 bits per heavy atom. The van der Waals surface area contributed by atoms with E-state index in [4.69, 9.17) is 15.6 Å². The van der Waals surface area contributed by atoms with Crippen LogP contribution in [0.2, 0.25) is 0 Å². The summed E-state index contributed by atoms with van der Waals surface area (Å²) < 4.78 is 11.5. The Morgan fingerprint density at radius 1 is 1.44 bits per heavy atom. The molecule has 0 spiro atoms. The molecule has 1 aromatic carbocycles. The minimum atomic E-state index is -1.11. The van der Waals surface area contributed by atoms with E-state index in [2.05, 4.69) is 23.3 Å². The maximum Gasteiger partial charge on any atom is 0.341 e. The first-order valence-electron chi connectivity index (χ1n) is 7.71. The van der Waals surface area contributed by atoms with Crippen LogP contribution in [0.15, 0.2) is 36.0 Å². The molecular weight excluding hydrogens is 340 g/mol. The van der Waals surface area contributed by atoms with Crippen LogP contribution in [0.1, 0.15) is 24.2 Å². The van der Waals surface area contributed by atoms with E-state index in [0.717, 1.165) is 16.9 Å². The van der Waals surface area contributed by atoms with Crippen LogP contribution in [-0.2, 0) is 0 Å². The number of carboxylic acids is 1. The van der Waals surface area contributed by atoms with E-state index in [9.17, 15) is 4.79 Å². The summed E-state index contributed by atoms with van der Waals surface area (Å²) >= 11 is 1.35. The number of rotatable bonds is 6. The zero-order valence-electron chi connectivity index (χ0n) is 13.8. The topological polar surface area (TPSA) is 103 Å². The van der Waals surface area contributed by atoms with E-state index in [1.807, 2.05) is 23.6 Å². The van der Waals surface area contributed by atoms with Crippen molar-refractivity contribution in [2.45, 2.75) is 13.8 Å². The molecule has 130 valence electrons. The molecule has 0 atom stereocenters. The van der Waals surface area contributed by atoms with Gasteiger partial charge in [-0.25, -0.2) is 13.8 Å². The van der Waals surface area contributed by atoms with Gasteiger partial charge in [0.2, 0.25) is 0 Å². The molecule has 8 heteroatoms. The maximum absolute atomic E-state index is 11.2. The predicted octanol–water partition coefficient (Wildman–Crippen LogP) is 3.31. The Morgan fingerprint density at radius 2 is 2.24 bits per heavy atom. The molecular formula is C17H18N4O3S. The van der Waals surface area contributed by atoms with Crippen molar-refractivity contribution in [1.29, 1.82) is 0 Å². The number of nitrogen functional groups attached to an aromatic ring is 1. The molecule has 3 rings (SSSR count). The summed E-state index contributed by atoms with van der Waals surface area (Å²) in [7, 11) is 0. The number of anilines is 1. The number of carbonyl (C=O) groups is 1. The van der Waals surface area contributed by atoms with Crippen molar-refractivity contribution in [2.75, 3.05) is 12.3 Å². The second-order valence-electron chi connectivity index (χ2n) is 5.98. The standard InChI is InChI=1S/C17H18N4O3S/c1-10(2)8-24-15-4-3-12(5-13(15)11-6-19-25-9-11)21-7-14(17(22)23)16(18)20-21/h3-7,9-10H,8H2,1-2H3,(H2,18,20)(H,22,23). The van der Waals surface area contributed by atoms with Crippen LogP contribution in [-0.4, -0.2) is 31.8 Å². The van der Waals surface area contributed by atoms with Gasteiger partial charge in [0.15, 0.2) is 5.82 Å². The second kappa shape index (κ2) is 6.94. The molecule has 7 nitrogen and oxygen atoms in total. The fourth-order valence-electron chi connectivity index (χ4n) is 2.29. The number of benzene rings is 1. The summed E-state index contributed by atoms with van der Waals surface area (Å²) in [6.45, 7) is 4.77. The Hall–Kier alpha value is -2.87. The summed E-state index contributed by atoms with van der Waals surface area (Å²) in [4.78, 5) is 11.2. The van der Waals surface area contributed by atoms with E-state index < -0.39 is 5.97 Å². The number of hydrogen-bond donors (Lipinski definition) is 2. The van der Waals surface area contributed by atoms with Gasteiger partial charge >= 0.3 is 5.97 Å². The highest BCUT2D eigenvalue weighted by Gasteiger charge is 2.16. The summed E-state index contributed by atoms with van der Waals surface area (Å²) in [5.41, 5.74) is 8.15. The second-order valence-corrected chi connectivity index (χ2v) is 6.63. The number of aromatic nitrogens is 3. The van der Waals surface area contributed by atoms with Gasteiger partial charge in [0.1, 0.15) is 11.3 Å². The minimum Gasteiger partial charge on any atom is -0.493 e. The number of ether oxygens (including phenoxy) is 1. The van der Waals surface area contributed by atoms with E-state index in [-0.39, 0.29) is 11.4 Å². The first-order valence-corrected chi connectivity index (χ1v) is 8.54.